The van der Waals surface area contributed by atoms with Gasteiger partial charge in [0.25, 0.3) is 5.91 Å². The second-order valence-electron chi connectivity index (χ2n) is 5.81. The zero-order valence-corrected chi connectivity index (χ0v) is 13.1. The van der Waals surface area contributed by atoms with Crippen LogP contribution in [-0.2, 0) is 15.8 Å². The highest BCUT2D eigenvalue weighted by Gasteiger charge is 2.34. The molecular weight excluding hydrogens is 341 g/mol. The molecule has 1 aromatic carbocycles. The predicted molar refractivity (Wildman–Crippen MR) is 80.7 cm³/mol. The lowest BCUT2D eigenvalue weighted by molar-refractivity contribution is -0.142. The summed E-state index contributed by atoms with van der Waals surface area (Å²) in [6.07, 6.45) is -2.76. The summed E-state index contributed by atoms with van der Waals surface area (Å²) in [4.78, 5) is 34.7. The summed E-state index contributed by atoms with van der Waals surface area (Å²) in [5, 5.41) is 13.9. The fourth-order valence-corrected chi connectivity index (χ4v) is 2.76. The lowest BCUT2D eigenvalue weighted by Gasteiger charge is -2.17. The van der Waals surface area contributed by atoms with Crippen LogP contribution in [0.3, 0.4) is 0 Å². The van der Waals surface area contributed by atoms with Crippen molar-refractivity contribution in [3.05, 3.63) is 35.4 Å². The van der Waals surface area contributed by atoms with Gasteiger partial charge >= 0.3 is 12.1 Å². The monoisotopic (exact) mass is 358 g/mol. The van der Waals surface area contributed by atoms with Gasteiger partial charge in [-0.05, 0) is 37.1 Å². The molecular formula is C16H17F3N2O4. The molecule has 1 aliphatic rings. The number of aliphatic carboxylic acids is 1. The van der Waals surface area contributed by atoms with Crippen molar-refractivity contribution in [2.75, 3.05) is 6.54 Å². The Hall–Kier alpha value is -2.58. The Morgan fingerprint density at radius 2 is 1.76 bits per heavy atom. The molecule has 1 aromatic rings. The normalized spacial score (nSPS) is 20.1. The Bertz CT molecular complexity index is 658. The highest BCUT2D eigenvalue weighted by molar-refractivity contribution is 5.96. The summed E-state index contributed by atoms with van der Waals surface area (Å²) in [5.41, 5.74) is -0.882. The number of carbonyl (C=O) groups is 3. The van der Waals surface area contributed by atoms with E-state index < -0.39 is 41.5 Å². The van der Waals surface area contributed by atoms with Crippen LogP contribution >= 0.6 is 0 Å². The van der Waals surface area contributed by atoms with E-state index in [0.29, 0.717) is 19.3 Å². The van der Waals surface area contributed by atoms with Crippen molar-refractivity contribution >= 4 is 17.8 Å². The van der Waals surface area contributed by atoms with Crippen LogP contribution in [0.5, 0.6) is 0 Å². The molecule has 0 spiro atoms. The number of hydrogen-bond donors (Lipinski definition) is 3. The number of carboxylic acids is 1. The van der Waals surface area contributed by atoms with E-state index in [1.807, 2.05) is 0 Å². The molecule has 2 amide bonds. The van der Waals surface area contributed by atoms with Gasteiger partial charge in [0.1, 0.15) is 0 Å². The molecule has 9 heteroatoms. The van der Waals surface area contributed by atoms with E-state index in [-0.39, 0.29) is 12.1 Å². The van der Waals surface area contributed by atoms with E-state index in [9.17, 15) is 27.6 Å². The third-order valence-electron chi connectivity index (χ3n) is 4.06. The van der Waals surface area contributed by atoms with Crippen molar-refractivity contribution in [1.29, 1.82) is 0 Å². The smallest absolute Gasteiger partial charge is 0.416 e. The van der Waals surface area contributed by atoms with Gasteiger partial charge in [0.05, 0.1) is 18.0 Å². The van der Waals surface area contributed by atoms with Crippen molar-refractivity contribution in [3.63, 3.8) is 0 Å². The predicted octanol–water partition coefficient (Wildman–Crippen LogP) is 1.80. The summed E-state index contributed by atoms with van der Waals surface area (Å²) < 4.78 is 37.4. The van der Waals surface area contributed by atoms with Crippen LogP contribution in [0.15, 0.2) is 24.3 Å². The van der Waals surface area contributed by atoms with E-state index >= 15 is 0 Å². The summed E-state index contributed by atoms with van der Waals surface area (Å²) in [6.45, 7) is -0.386. The summed E-state index contributed by atoms with van der Waals surface area (Å²) in [7, 11) is 0. The Morgan fingerprint density at radius 1 is 1.12 bits per heavy atom. The van der Waals surface area contributed by atoms with Crippen LogP contribution in [0.4, 0.5) is 13.2 Å². The quantitative estimate of drug-likeness (QED) is 0.748. The van der Waals surface area contributed by atoms with Crippen molar-refractivity contribution in [2.24, 2.45) is 5.92 Å². The minimum atomic E-state index is -4.49. The van der Waals surface area contributed by atoms with Crippen LogP contribution in [0.2, 0.25) is 0 Å². The van der Waals surface area contributed by atoms with Crippen LogP contribution in [0.25, 0.3) is 0 Å². The van der Waals surface area contributed by atoms with E-state index in [1.165, 1.54) is 0 Å². The molecule has 1 fully saturated rings. The third kappa shape index (κ3) is 4.94. The first-order chi connectivity index (χ1) is 11.7. The van der Waals surface area contributed by atoms with E-state index in [0.717, 1.165) is 24.3 Å². The number of hydrogen-bond acceptors (Lipinski definition) is 3. The Morgan fingerprint density at radius 3 is 2.32 bits per heavy atom. The average Bonchev–Trinajstić information content (AvgIpc) is 3.00. The number of alkyl halides is 3. The molecule has 0 bridgehead atoms. The first-order valence-electron chi connectivity index (χ1n) is 7.66. The first kappa shape index (κ1) is 18.8. The van der Waals surface area contributed by atoms with Gasteiger partial charge < -0.3 is 15.7 Å². The number of benzene rings is 1. The number of carbonyl (C=O) groups excluding carboxylic acids is 2. The number of carboxylic acid groups (broad SMARTS) is 1. The van der Waals surface area contributed by atoms with Crippen molar-refractivity contribution in [3.8, 4) is 0 Å². The molecule has 0 aromatic heterocycles. The van der Waals surface area contributed by atoms with E-state index in [2.05, 4.69) is 10.6 Å². The molecule has 2 rings (SSSR count). The summed E-state index contributed by atoms with van der Waals surface area (Å²) in [5.74, 6) is -2.85. The van der Waals surface area contributed by atoms with Crippen LogP contribution in [-0.4, -0.2) is 35.5 Å². The highest BCUT2D eigenvalue weighted by atomic mass is 19.4. The second kappa shape index (κ2) is 7.54. The van der Waals surface area contributed by atoms with Gasteiger partial charge in [-0.2, -0.15) is 13.2 Å². The zero-order chi connectivity index (χ0) is 18.6. The van der Waals surface area contributed by atoms with Crippen LogP contribution < -0.4 is 10.6 Å². The molecule has 25 heavy (non-hydrogen) atoms. The van der Waals surface area contributed by atoms with Gasteiger partial charge in [0, 0.05) is 11.6 Å². The molecule has 0 radical (unpaired) electrons. The number of nitrogens with one attached hydrogen (secondary N) is 2. The molecule has 136 valence electrons. The van der Waals surface area contributed by atoms with Crippen LogP contribution in [0, 0.1) is 5.92 Å². The van der Waals surface area contributed by atoms with Gasteiger partial charge in [-0.1, -0.05) is 6.42 Å². The fraction of sp³-hybridized carbons (Fsp3) is 0.438. The molecule has 6 nitrogen and oxygen atoms in total. The minimum absolute atomic E-state index is 0.00919. The van der Waals surface area contributed by atoms with E-state index in [1.54, 1.807) is 0 Å². The molecule has 0 heterocycles. The SMILES string of the molecule is O=C(CNC(=O)c1ccc(C(F)(F)F)cc1)N[C@H]1CCC[C@H]1C(=O)O. The Labute approximate surface area is 141 Å². The largest absolute Gasteiger partial charge is 0.481 e. The van der Waals surface area contributed by atoms with Gasteiger partial charge in [0.15, 0.2) is 0 Å². The maximum Gasteiger partial charge on any atom is 0.416 e. The average molecular weight is 358 g/mol. The first-order valence-corrected chi connectivity index (χ1v) is 7.66. The fourth-order valence-electron chi connectivity index (χ4n) is 2.76. The zero-order valence-electron chi connectivity index (χ0n) is 13.1. The topological polar surface area (TPSA) is 95.5 Å². The number of halogens is 3. The second-order valence-corrected chi connectivity index (χ2v) is 5.81. The number of amides is 2. The van der Waals surface area contributed by atoms with Gasteiger partial charge in [-0.15, -0.1) is 0 Å². The molecule has 0 unspecified atom stereocenters. The minimum Gasteiger partial charge on any atom is -0.481 e. The molecule has 1 aliphatic carbocycles. The van der Waals surface area contributed by atoms with Crippen molar-refractivity contribution < 1.29 is 32.7 Å². The van der Waals surface area contributed by atoms with Crippen LogP contribution in [0.1, 0.15) is 35.2 Å². The summed E-state index contributed by atoms with van der Waals surface area (Å²) in [6, 6.07) is 3.13. The van der Waals surface area contributed by atoms with Gasteiger partial charge in [-0.25, -0.2) is 0 Å². The Balaban J connectivity index is 1.85. The van der Waals surface area contributed by atoms with Crippen molar-refractivity contribution in [2.45, 2.75) is 31.5 Å². The van der Waals surface area contributed by atoms with Crippen molar-refractivity contribution in [1.82, 2.24) is 10.6 Å². The lowest BCUT2D eigenvalue weighted by Crippen LogP contribution is -2.44. The molecule has 2 atom stereocenters. The molecule has 0 saturated heterocycles. The summed E-state index contributed by atoms with van der Waals surface area (Å²) >= 11 is 0. The molecule has 0 aliphatic heterocycles. The maximum atomic E-state index is 12.5. The molecule has 3 N–H and O–H groups in total. The Kier molecular flexibility index (Phi) is 5.66. The van der Waals surface area contributed by atoms with Gasteiger partial charge in [0.2, 0.25) is 5.91 Å². The standard InChI is InChI=1S/C16H17F3N2O4/c17-16(18,19)10-6-4-9(5-7-10)14(23)20-8-13(22)21-12-3-1-2-11(12)15(24)25/h4-7,11-12H,1-3,8H2,(H,20,23)(H,21,22)(H,24,25)/t11-,12+/m1/s1. The maximum absolute atomic E-state index is 12.5. The number of rotatable bonds is 5. The van der Waals surface area contributed by atoms with E-state index in [4.69, 9.17) is 5.11 Å². The highest BCUT2D eigenvalue weighted by Crippen LogP contribution is 2.29. The van der Waals surface area contributed by atoms with Gasteiger partial charge in [-0.3, -0.25) is 14.4 Å². The lowest BCUT2D eigenvalue weighted by atomic mass is 10.0. The third-order valence-corrected chi connectivity index (χ3v) is 4.06. The molecule has 1 saturated carbocycles.